The summed E-state index contributed by atoms with van der Waals surface area (Å²) in [4.78, 5) is 0. The third-order valence-corrected chi connectivity index (χ3v) is 1.16. The molecule has 0 saturated heterocycles. The van der Waals surface area contributed by atoms with Gasteiger partial charge in [-0.1, -0.05) is 0 Å². The van der Waals surface area contributed by atoms with Crippen LogP contribution >= 0.6 is 0 Å². The van der Waals surface area contributed by atoms with E-state index in [1.807, 2.05) is 0 Å². The zero-order valence-corrected chi connectivity index (χ0v) is 5.85. The largest absolute Gasteiger partial charge is 0.393 e. The Balaban J connectivity index is 3.33. The van der Waals surface area contributed by atoms with Gasteiger partial charge in [-0.15, -0.1) is 0 Å². The Hall–Kier alpha value is -0.150. The monoisotopic (exact) mass is 136 g/mol. The summed E-state index contributed by atoms with van der Waals surface area (Å²) in [7, 11) is 1.51. The summed E-state index contributed by atoms with van der Waals surface area (Å²) in [5, 5.41) is 8.39. The first-order valence-electron chi connectivity index (χ1n) is 2.91. The number of halogens is 1. The normalized spacial score (nSPS) is 17.3. The second kappa shape index (κ2) is 3.80. The summed E-state index contributed by atoms with van der Waals surface area (Å²) in [5.74, 6) is 0. The molecular weight excluding hydrogens is 123 g/mol. The topological polar surface area (TPSA) is 29.5 Å². The van der Waals surface area contributed by atoms with Crippen molar-refractivity contribution in [3.63, 3.8) is 0 Å². The van der Waals surface area contributed by atoms with Gasteiger partial charge in [-0.25, -0.2) is 4.39 Å². The van der Waals surface area contributed by atoms with Crippen LogP contribution in [0, 0.1) is 0 Å². The molecule has 0 spiro atoms. The first-order chi connectivity index (χ1) is 4.12. The van der Waals surface area contributed by atoms with Gasteiger partial charge < -0.3 is 9.84 Å². The molecule has 3 heteroatoms. The molecule has 0 aromatic rings. The highest BCUT2D eigenvalue weighted by atomic mass is 19.1. The van der Waals surface area contributed by atoms with Crippen molar-refractivity contribution < 1.29 is 14.2 Å². The van der Waals surface area contributed by atoms with E-state index in [1.54, 1.807) is 0 Å². The number of aliphatic hydroxyl groups is 1. The molecule has 0 heterocycles. The second-order valence-electron chi connectivity index (χ2n) is 2.31. The van der Waals surface area contributed by atoms with Crippen molar-refractivity contribution in [2.24, 2.45) is 0 Å². The lowest BCUT2D eigenvalue weighted by Gasteiger charge is -2.15. The van der Waals surface area contributed by atoms with Gasteiger partial charge in [0.1, 0.15) is 5.67 Å². The third kappa shape index (κ3) is 4.36. The van der Waals surface area contributed by atoms with Crippen LogP contribution in [0.15, 0.2) is 0 Å². The van der Waals surface area contributed by atoms with Crippen LogP contribution in [0.5, 0.6) is 0 Å². The first-order valence-corrected chi connectivity index (χ1v) is 2.91. The second-order valence-corrected chi connectivity index (χ2v) is 2.31. The summed E-state index contributed by atoms with van der Waals surface area (Å²) in [6.45, 7) is 1.27. The van der Waals surface area contributed by atoms with Gasteiger partial charge in [0.15, 0.2) is 0 Å². The van der Waals surface area contributed by atoms with Crippen LogP contribution in [0.25, 0.3) is 0 Å². The lowest BCUT2D eigenvalue weighted by molar-refractivity contribution is 0.0513. The van der Waals surface area contributed by atoms with Crippen molar-refractivity contribution in [2.45, 2.75) is 19.0 Å². The molecule has 1 N–H and O–H groups in total. The van der Waals surface area contributed by atoms with E-state index in [0.717, 1.165) is 0 Å². The highest BCUT2D eigenvalue weighted by Crippen LogP contribution is 2.13. The van der Waals surface area contributed by atoms with Crippen molar-refractivity contribution in [2.75, 3.05) is 20.3 Å². The Kier molecular flexibility index (Phi) is 3.73. The average Bonchev–Trinajstić information content (AvgIpc) is 1.84. The van der Waals surface area contributed by atoms with Gasteiger partial charge in [0.05, 0.1) is 6.61 Å². The molecule has 2 nitrogen and oxygen atoms in total. The van der Waals surface area contributed by atoms with Crippen molar-refractivity contribution in [3.05, 3.63) is 0 Å². The fourth-order valence-electron chi connectivity index (χ4n) is 0.394. The quantitative estimate of drug-likeness (QED) is 0.617. The van der Waals surface area contributed by atoms with E-state index in [0.29, 0.717) is 6.61 Å². The molecule has 1 atom stereocenters. The molecule has 0 saturated carbocycles. The third-order valence-electron chi connectivity index (χ3n) is 1.16. The summed E-state index contributed by atoms with van der Waals surface area (Å²) in [5.41, 5.74) is -1.48. The fourth-order valence-corrected chi connectivity index (χ4v) is 0.394. The summed E-state index contributed by atoms with van der Waals surface area (Å²) >= 11 is 0. The predicted octanol–water partition coefficient (Wildman–Crippen LogP) is 0.743. The molecule has 0 aliphatic rings. The number of hydrogen-bond acceptors (Lipinski definition) is 2. The van der Waals surface area contributed by atoms with Crippen LogP contribution in [0.1, 0.15) is 13.3 Å². The Morgan fingerprint density at radius 1 is 1.67 bits per heavy atom. The number of methoxy groups -OCH3 is 1. The number of rotatable bonds is 4. The molecule has 0 amide bonds. The number of hydrogen-bond donors (Lipinski definition) is 1. The maximum absolute atomic E-state index is 12.7. The van der Waals surface area contributed by atoms with Crippen molar-refractivity contribution >= 4 is 0 Å². The van der Waals surface area contributed by atoms with Gasteiger partial charge in [0, 0.05) is 20.1 Å². The molecule has 0 fully saturated rings. The SMILES string of the molecule is COCCC(C)(F)CO. The van der Waals surface area contributed by atoms with Gasteiger partial charge in [-0.2, -0.15) is 0 Å². The lowest BCUT2D eigenvalue weighted by Crippen LogP contribution is -2.24. The van der Waals surface area contributed by atoms with Crippen LogP contribution in [0.3, 0.4) is 0 Å². The molecule has 0 aliphatic carbocycles. The van der Waals surface area contributed by atoms with Crippen LogP contribution < -0.4 is 0 Å². The van der Waals surface area contributed by atoms with E-state index >= 15 is 0 Å². The predicted molar refractivity (Wildman–Crippen MR) is 33.1 cm³/mol. The molecule has 1 unspecified atom stereocenters. The summed E-state index contributed by atoms with van der Waals surface area (Å²) in [6, 6.07) is 0. The van der Waals surface area contributed by atoms with E-state index < -0.39 is 12.3 Å². The first kappa shape index (κ1) is 8.85. The molecule has 0 radical (unpaired) electrons. The van der Waals surface area contributed by atoms with Crippen LogP contribution in [-0.4, -0.2) is 31.1 Å². The van der Waals surface area contributed by atoms with Gasteiger partial charge in [0.2, 0.25) is 0 Å². The van der Waals surface area contributed by atoms with Gasteiger partial charge >= 0.3 is 0 Å². The Morgan fingerprint density at radius 3 is 2.56 bits per heavy atom. The van der Waals surface area contributed by atoms with E-state index in [-0.39, 0.29) is 6.42 Å². The Labute approximate surface area is 54.6 Å². The van der Waals surface area contributed by atoms with Gasteiger partial charge in [0.25, 0.3) is 0 Å². The van der Waals surface area contributed by atoms with Gasteiger partial charge in [-0.05, 0) is 6.92 Å². The zero-order valence-electron chi connectivity index (χ0n) is 5.85. The van der Waals surface area contributed by atoms with Crippen LogP contribution in [0.2, 0.25) is 0 Å². The molecule has 0 aromatic heterocycles. The minimum absolute atomic E-state index is 0.250. The van der Waals surface area contributed by atoms with E-state index in [2.05, 4.69) is 4.74 Å². The van der Waals surface area contributed by atoms with Crippen molar-refractivity contribution in [3.8, 4) is 0 Å². The van der Waals surface area contributed by atoms with E-state index in [4.69, 9.17) is 5.11 Å². The molecule has 0 rings (SSSR count). The highest BCUT2D eigenvalue weighted by molar-refractivity contribution is 4.70. The standard InChI is InChI=1S/C6H13FO2/c1-6(7,5-8)3-4-9-2/h8H,3-5H2,1-2H3. The summed E-state index contributed by atoms with van der Waals surface area (Å²) in [6.07, 6.45) is 0.250. The zero-order chi connectivity index (χ0) is 7.33. The van der Waals surface area contributed by atoms with Crippen molar-refractivity contribution in [1.29, 1.82) is 0 Å². The molecule has 56 valence electrons. The smallest absolute Gasteiger partial charge is 0.133 e. The highest BCUT2D eigenvalue weighted by Gasteiger charge is 2.20. The molecule has 9 heavy (non-hydrogen) atoms. The number of alkyl halides is 1. The number of aliphatic hydroxyl groups excluding tert-OH is 1. The van der Waals surface area contributed by atoms with Crippen LogP contribution in [0.4, 0.5) is 4.39 Å². The molecular formula is C6H13FO2. The minimum Gasteiger partial charge on any atom is -0.393 e. The summed E-state index contributed by atoms with van der Waals surface area (Å²) < 4.78 is 17.3. The fraction of sp³-hybridized carbons (Fsp3) is 1.00. The van der Waals surface area contributed by atoms with Gasteiger partial charge in [-0.3, -0.25) is 0 Å². The molecule has 0 aromatic carbocycles. The van der Waals surface area contributed by atoms with E-state index in [9.17, 15) is 4.39 Å². The Morgan fingerprint density at radius 2 is 2.22 bits per heavy atom. The molecule has 0 aliphatic heterocycles. The number of ether oxygens (including phenoxy) is 1. The van der Waals surface area contributed by atoms with Crippen molar-refractivity contribution in [1.82, 2.24) is 0 Å². The average molecular weight is 136 g/mol. The van der Waals surface area contributed by atoms with Crippen LogP contribution in [-0.2, 0) is 4.74 Å². The minimum atomic E-state index is -1.48. The molecule has 0 bridgehead atoms. The van der Waals surface area contributed by atoms with E-state index in [1.165, 1.54) is 14.0 Å². The Bertz CT molecular complexity index is 73.5. The maximum atomic E-state index is 12.7. The lowest BCUT2D eigenvalue weighted by atomic mass is 10.1. The maximum Gasteiger partial charge on any atom is 0.133 e.